The molecule has 0 aliphatic heterocycles. The Bertz CT molecular complexity index is 841. The highest BCUT2D eigenvalue weighted by atomic mass is 35.5. The first kappa shape index (κ1) is 20.8. The van der Waals surface area contributed by atoms with Crippen molar-refractivity contribution in [3.63, 3.8) is 0 Å². The van der Waals surface area contributed by atoms with Crippen molar-refractivity contribution in [3.8, 4) is 5.75 Å². The lowest BCUT2D eigenvalue weighted by Crippen LogP contribution is -2.32. The van der Waals surface area contributed by atoms with Gasteiger partial charge in [0.1, 0.15) is 5.75 Å². The molecule has 6 heteroatoms. The lowest BCUT2D eigenvalue weighted by molar-refractivity contribution is -0.117. The van der Waals surface area contributed by atoms with Crippen molar-refractivity contribution in [2.45, 2.75) is 34.1 Å². The Morgan fingerprint density at radius 3 is 2.26 bits per heavy atom. The maximum absolute atomic E-state index is 12.4. The second-order valence-electron chi connectivity index (χ2n) is 6.56. The summed E-state index contributed by atoms with van der Waals surface area (Å²) < 4.78 is 5.14. The highest BCUT2D eigenvalue weighted by molar-refractivity contribution is 6.32. The number of carbonyl (C=O) groups excluding carboxylic acids is 2. The zero-order valence-corrected chi connectivity index (χ0v) is 17.1. The summed E-state index contributed by atoms with van der Waals surface area (Å²) in [6.07, 6.45) is 0.177. The number of amides is 2. The molecule has 27 heavy (non-hydrogen) atoms. The van der Waals surface area contributed by atoms with Crippen LogP contribution in [0.1, 0.15) is 30.0 Å². The monoisotopic (exact) mass is 388 g/mol. The van der Waals surface area contributed by atoms with Crippen LogP contribution in [0, 0.1) is 20.8 Å². The molecule has 5 nitrogen and oxygen atoms in total. The number of ether oxygens (including phenoxy) is 1. The normalized spacial score (nSPS) is 10.4. The number of benzene rings is 2. The smallest absolute Gasteiger partial charge is 0.226 e. The number of rotatable bonds is 6. The van der Waals surface area contributed by atoms with Gasteiger partial charge < -0.3 is 15.0 Å². The summed E-state index contributed by atoms with van der Waals surface area (Å²) >= 11 is 6.15. The van der Waals surface area contributed by atoms with Crippen LogP contribution in [0.25, 0.3) is 0 Å². The molecule has 2 rings (SSSR count). The third-order valence-corrected chi connectivity index (χ3v) is 4.63. The SMILES string of the molecule is COc1ccc(N(CCC(=O)Nc2c(C)cc(C)cc2C)C(C)=O)cc1Cl. The average Bonchev–Trinajstić information content (AvgIpc) is 2.58. The fourth-order valence-corrected chi connectivity index (χ4v) is 3.34. The summed E-state index contributed by atoms with van der Waals surface area (Å²) in [5.41, 5.74) is 4.65. The zero-order chi connectivity index (χ0) is 20.1. The van der Waals surface area contributed by atoms with E-state index in [0.717, 1.165) is 22.4 Å². The molecule has 0 atom stereocenters. The van der Waals surface area contributed by atoms with Crippen molar-refractivity contribution in [3.05, 3.63) is 52.0 Å². The van der Waals surface area contributed by atoms with Gasteiger partial charge in [-0.15, -0.1) is 0 Å². The Hall–Kier alpha value is -2.53. The third kappa shape index (κ3) is 5.23. The molecule has 0 fully saturated rings. The summed E-state index contributed by atoms with van der Waals surface area (Å²) in [6, 6.07) is 9.17. The van der Waals surface area contributed by atoms with E-state index in [4.69, 9.17) is 16.3 Å². The Kier molecular flexibility index (Phi) is 6.86. The topological polar surface area (TPSA) is 58.6 Å². The summed E-state index contributed by atoms with van der Waals surface area (Å²) in [7, 11) is 1.53. The molecule has 0 saturated carbocycles. The van der Waals surface area contributed by atoms with Gasteiger partial charge in [0.15, 0.2) is 0 Å². The zero-order valence-electron chi connectivity index (χ0n) is 16.4. The van der Waals surface area contributed by atoms with Crippen LogP contribution in [0.15, 0.2) is 30.3 Å². The number of halogens is 1. The second-order valence-corrected chi connectivity index (χ2v) is 6.97. The minimum atomic E-state index is -0.160. The molecule has 1 N–H and O–H groups in total. The van der Waals surface area contributed by atoms with Gasteiger partial charge in [-0.05, 0) is 50.1 Å². The predicted octanol–water partition coefficient (Wildman–Crippen LogP) is 4.66. The van der Waals surface area contributed by atoms with Crippen molar-refractivity contribution in [2.24, 2.45) is 0 Å². The summed E-state index contributed by atoms with van der Waals surface area (Å²) in [5.74, 6) is 0.231. The fourth-order valence-electron chi connectivity index (χ4n) is 3.08. The van der Waals surface area contributed by atoms with Crippen LogP contribution in [-0.4, -0.2) is 25.5 Å². The molecule has 0 saturated heterocycles. The van der Waals surface area contributed by atoms with E-state index in [-0.39, 0.29) is 24.8 Å². The van der Waals surface area contributed by atoms with Crippen LogP contribution in [0.3, 0.4) is 0 Å². The van der Waals surface area contributed by atoms with E-state index in [1.165, 1.54) is 18.9 Å². The standard InChI is InChI=1S/C21H25ClN2O3/c1-13-10-14(2)21(15(3)11-13)23-20(26)8-9-24(16(4)25)17-6-7-19(27-5)18(22)12-17/h6-7,10-12H,8-9H2,1-5H3,(H,23,26). The average molecular weight is 389 g/mol. The van der Waals surface area contributed by atoms with Gasteiger partial charge >= 0.3 is 0 Å². The maximum atomic E-state index is 12.4. The number of anilines is 2. The number of nitrogens with one attached hydrogen (secondary N) is 1. The molecule has 0 radical (unpaired) electrons. The van der Waals surface area contributed by atoms with Crippen molar-refractivity contribution in [1.82, 2.24) is 0 Å². The van der Waals surface area contributed by atoms with E-state index in [2.05, 4.69) is 5.32 Å². The van der Waals surface area contributed by atoms with Crippen LogP contribution < -0.4 is 15.0 Å². The van der Waals surface area contributed by atoms with E-state index in [9.17, 15) is 9.59 Å². The first-order chi connectivity index (χ1) is 12.7. The minimum absolute atomic E-state index is 0.143. The molecule has 0 unspecified atom stereocenters. The van der Waals surface area contributed by atoms with Gasteiger partial charge in [-0.25, -0.2) is 0 Å². The summed E-state index contributed by atoms with van der Waals surface area (Å²) in [5, 5.41) is 3.37. The van der Waals surface area contributed by atoms with E-state index in [0.29, 0.717) is 16.5 Å². The molecule has 0 aliphatic carbocycles. The minimum Gasteiger partial charge on any atom is -0.495 e. The van der Waals surface area contributed by atoms with Gasteiger partial charge in [0.25, 0.3) is 0 Å². The number of carbonyl (C=O) groups is 2. The second kappa shape index (κ2) is 8.91. The highest BCUT2D eigenvalue weighted by Crippen LogP contribution is 2.29. The molecule has 0 aromatic heterocycles. The summed E-state index contributed by atoms with van der Waals surface area (Å²) in [6.45, 7) is 7.68. The first-order valence-corrected chi connectivity index (χ1v) is 9.10. The Morgan fingerprint density at radius 1 is 1.11 bits per heavy atom. The lowest BCUT2D eigenvalue weighted by Gasteiger charge is -2.22. The van der Waals surface area contributed by atoms with E-state index < -0.39 is 0 Å². The molecule has 2 aromatic carbocycles. The molecule has 2 aromatic rings. The van der Waals surface area contributed by atoms with Gasteiger partial charge in [-0.1, -0.05) is 29.3 Å². The van der Waals surface area contributed by atoms with Crippen LogP contribution in [0.4, 0.5) is 11.4 Å². The number of aryl methyl sites for hydroxylation is 3. The quantitative estimate of drug-likeness (QED) is 0.783. The highest BCUT2D eigenvalue weighted by Gasteiger charge is 2.16. The third-order valence-electron chi connectivity index (χ3n) is 4.33. The molecular weight excluding hydrogens is 364 g/mol. The van der Waals surface area contributed by atoms with Gasteiger partial charge in [0, 0.05) is 31.3 Å². The number of hydrogen-bond acceptors (Lipinski definition) is 3. The summed E-state index contributed by atoms with van der Waals surface area (Å²) in [4.78, 5) is 26.0. The van der Waals surface area contributed by atoms with E-state index in [1.807, 2.05) is 32.9 Å². The van der Waals surface area contributed by atoms with Crippen molar-refractivity contribution in [2.75, 3.05) is 23.9 Å². The first-order valence-electron chi connectivity index (χ1n) is 8.72. The molecule has 0 spiro atoms. The van der Waals surface area contributed by atoms with E-state index >= 15 is 0 Å². The van der Waals surface area contributed by atoms with Crippen LogP contribution in [-0.2, 0) is 9.59 Å². The number of nitrogens with zero attached hydrogens (tertiary/aromatic N) is 1. The molecule has 0 heterocycles. The Morgan fingerprint density at radius 2 is 1.74 bits per heavy atom. The molecule has 144 valence electrons. The van der Waals surface area contributed by atoms with Gasteiger partial charge in [0.05, 0.1) is 12.1 Å². The van der Waals surface area contributed by atoms with Gasteiger partial charge in [-0.3, -0.25) is 9.59 Å². The maximum Gasteiger partial charge on any atom is 0.226 e. The number of methoxy groups -OCH3 is 1. The number of hydrogen-bond donors (Lipinski definition) is 1. The van der Waals surface area contributed by atoms with Crippen molar-refractivity contribution >= 4 is 34.8 Å². The van der Waals surface area contributed by atoms with E-state index in [1.54, 1.807) is 18.2 Å². The van der Waals surface area contributed by atoms with Crippen LogP contribution in [0.2, 0.25) is 5.02 Å². The molecule has 0 aliphatic rings. The van der Waals surface area contributed by atoms with Gasteiger partial charge in [-0.2, -0.15) is 0 Å². The predicted molar refractivity (Wildman–Crippen MR) is 110 cm³/mol. The Balaban J connectivity index is 2.09. The van der Waals surface area contributed by atoms with Gasteiger partial charge in [0.2, 0.25) is 11.8 Å². The van der Waals surface area contributed by atoms with Crippen LogP contribution >= 0.6 is 11.6 Å². The molecular formula is C21H25ClN2O3. The molecule has 0 bridgehead atoms. The van der Waals surface area contributed by atoms with Crippen molar-refractivity contribution in [1.29, 1.82) is 0 Å². The fraction of sp³-hybridized carbons (Fsp3) is 0.333. The largest absolute Gasteiger partial charge is 0.495 e. The molecule has 2 amide bonds. The lowest BCUT2D eigenvalue weighted by atomic mass is 10.0. The van der Waals surface area contributed by atoms with Crippen LogP contribution in [0.5, 0.6) is 5.75 Å². The Labute approximate surface area is 165 Å². The van der Waals surface area contributed by atoms with Crippen molar-refractivity contribution < 1.29 is 14.3 Å².